The van der Waals surface area contributed by atoms with E-state index >= 15 is 0 Å². The highest BCUT2D eigenvalue weighted by Crippen LogP contribution is 2.22. The van der Waals surface area contributed by atoms with E-state index in [0.717, 1.165) is 11.3 Å². The van der Waals surface area contributed by atoms with Gasteiger partial charge in [0.05, 0.1) is 19.3 Å². The van der Waals surface area contributed by atoms with Gasteiger partial charge in [0.15, 0.2) is 5.96 Å². The third-order valence-electron chi connectivity index (χ3n) is 2.69. The van der Waals surface area contributed by atoms with Crippen LogP contribution in [0.25, 0.3) is 0 Å². The van der Waals surface area contributed by atoms with E-state index in [1.807, 2.05) is 48.5 Å². The van der Waals surface area contributed by atoms with Gasteiger partial charge >= 0.3 is 0 Å². The average molecular weight is 290 g/mol. The largest absolute Gasteiger partial charge is 0.495 e. The van der Waals surface area contributed by atoms with Crippen LogP contribution in [0.2, 0.25) is 5.02 Å². The number of hydrogen-bond acceptors (Lipinski definition) is 2. The van der Waals surface area contributed by atoms with Crippen LogP contribution in [0.1, 0.15) is 5.56 Å². The number of ether oxygens (including phenoxy) is 1. The highest BCUT2D eigenvalue weighted by molar-refractivity contribution is 6.30. The van der Waals surface area contributed by atoms with Gasteiger partial charge in [0.25, 0.3) is 0 Å². The maximum atomic E-state index is 5.92. The van der Waals surface area contributed by atoms with Gasteiger partial charge in [-0.1, -0.05) is 35.9 Å². The first-order valence-corrected chi connectivity index (χ1v) is 6.51. The summed E-state index contributed by atoms with van der Waals surface area (Å²) in [5, 5.41) is 3.70. The molecule has 0 aliphatic heterocycles. The van der Waals surface area contributed by atoms with Gasteiger partial charge in [0, 0.05) is 5.02 Å². The SMILES string of the molecule is COc1ccccc1NC(N)=NCc1cccc(Cl)c1. The molecule has 0 radical (unpaired) electrons. The lowest BCUT2D eigenvalue weighted by Gasteiger charge is -2.10. The number of nitrogens with one attached hydrogen (secondary N) is 1. The van der Waals surface area contributed by atoms with Gasteiger partial charge in [-0.25, -0.2) is 4.99 Å². The Morgan fingerprint density at radius 2 is 2.05 bits per heavy atom. The average Bonchev–Trinajstić information content (AvgIpc) is 2.46. The number of nitrogens with two attached hydrogens (primary N) is 1. The smallest absolute Gasteiger partial charge is 0.193 e. The lowest BCUT2D eigenvalue weighted by atomic mass is 10.2. The molecule has 0 aromatic heterocycles. The zero-order chi connectivity index (χ0) is 14.4. The normalized spacial score (nSPS) is 11.2. The van der Waals surface area contributed by atoms with Crippen LogP contribution in [0.5, 0.6) is 5.75 Å². The number of benzene rings is 2. The standard InChI is InChI=1S/C15H16ClN3O/c1-20-14-8-3-2-7-13(14)19-15(17)18-10-11-5-4-6-12(16)9-11/h2-9H,10H2,1H3,(H3,17,18,19). The van der Waals surface area contributed by atoms with Gasteiger partial charge in [0.1, 0.15) is 5.75 Å². The molecule has 20 heavy (non-hydrogen) atoms. The van der Waals surface area contributed by atoms with Crippen LogP contribution >= 0.6 is 11.6 Å². The molecule has 3 N–H and O–H groups in total. The number of hydrogen-bond donors (Lipinski definition) is 2. The highest BCUT2D eigenvalue weighted by Gasteiger charge is 2.02. The molecular weight excluding hydrogens is 274 g/mol. The molecule has 0 saturated carbocycles. The minimum atomic E-state index is 0.328. The van der Waals surface area contributed by atoms with Gasteiger partial charge in [-0.15, -0.1) is 0 Å². The first-order chi connectivity index (χ1) is 9.69. The summed E-state index contributed by atoms with van der Waals surface area (Å²) in [7, 11) is 1.61. The summed E-state index contributed by atoms with van der Waals surface area (Å²) in [6, 6.07) is 15.0. The Kier molecular flexibility index (Phi) is 4.85. The van der Waals surface area contributed by atoms with Crippen molar-refractivity contribution < 1.29 is 4.74 Å². The second-order valence-electron chi connectivity index (χ2n) is 4.16. The Morgan fingerprint density at radius 3 is 2.80 bits per heavy atom. The van der Waals surface area contributed by atoms with Gasteiger partial charge in [-0.3, -0.25) is 0 Å². The molecule has 0 saturated heterocycles. The summed E-state index contributed by atoms with van der Waals surface area (Å²) >= 11 is 5.92. The Balaban J connectivity index is 2.04. The number of guanidine groups is 1. The predicted molar refractivity (Wildman–Crippen MR) is 83.4 cm³/mol. The summed E-state index contributed by atoms with van der Waals surface area (Å²) < 4.78 is 5.23. The Hall–Kier alpha value is -2.20. The van der Waals surface area contributed by atoms with Crippen molar-refractivity contribution in [2.75, 3.05) is 12.4 Å². The number of halogens is 1. The van der Waals surface area contributed by atoms with Crippen molar-refractivity contribution in [3.8, 4) is 5.75 Å². The molecule has 104 valence electrons. The summed E-state index contributed by atoms with van der Waals surface area (Å²) in [6.45, 7) is 0.467. The van der Waals surface area contributed by atoms with Crippen molar-refractivity contribution in [1.29, 1.82) is 0 Å². The van der Waals surface area contributed by atoms with Crippen LogP contribution in [-0.2, 0) is 6.54 Å². The number of methoxy groups -OCH3 is 1. The molecule has 0 spiro atoms. The molecule has 0 bridgehead atoms. The molecule has 0 aliphatic rings. The molecule has 0 heterocycles. The molecular formula is C15H16ClN3O. The van der Waals surface area contributed by atoms with Crippen molar-refractivity contribution in [1.82, 2.24) is 0 Å². The lowest BCUT2D eigenvalue weighted by molar-refractivity contribution is 0.417. The van der Waals surface area contributed by atoms with Gasteiger partial charge < -0.3 is 15.8 Å². The number of para-hydroxylation sites is 2. The third kappa shape index (κ3) is 3.90. The van der Waals surface area contributed by atoms with Crippen molar-refractivity contribution >= 4 is 23.2 Å². The van der Waals surface area contributed by atoms with Crippen LogP contribution in [-0.4, -0.2) is 13.1 Å². The topological polar surface area (TPSA) is 59.6 Å². The first kappa shape index (κ1) is 14.2. The maximum absolute atomic E-state index is 5.92. The quantitative estimate of drug-likeness (QED) is 0.671. The lowest BCUT2D eigenvalue weighted by Crippen LogP contribution is -2.22. The number of nitrogens with zero attached hydrogens (tertiary/aromatic N) is 1. The van der Waals surface area contributed by atoms with Crippen molar-refractivity contribution in [3.05, 3.63) is 59.1 Å². The van der Waals surface area contributed by atoms with E-state index in [4.69, 9.17) is 22.1 Å². The molecule has 0 amide bonds. The monoisotopic (exact) mass is 289 g/mol. The molecule has 0 atom stereocenters. The molecule has 2 aromatic rings. The molecule has 2 aromatic carbocycles. The predicted octanol–water partition coefficient (Wildman–Crippen LogP) is 3.28. The molecule has 0 unspecified atom stereocenters. The van der Waals surface area contributed by atoms with E-state index in [1.165, 1.54) is 0 Å². The fourth-order valence-corrected chi connectivity index (χ4v) is 1.95. The minimum absolute atomic E-state index is 0.328. The van der Waals surface area contributed by atoms with E-state index in [-0.39, 0.29) is 0 Å². The Morgan fingerprint density at radius 1 is 1.25 bits per heavy atom. The van der Waals surface area contributed by atoms with E-state index in [1.54, 1.807) is 7.11 Å². The summed E-state index contributed by atoms with van der Waals surface area (Å²) in [5.41, 5.74) is 7.65. The van der Waals surface area contributed by atoms with Crippen molar-refractivity contribution in [2.24, 2.45) is 10.7 Å². The van der Waals surface area contributed by atoms with E-state index in [2.05, 4.69) is 10.3 Å². The van der Waals surface area contributed by atoms with Crippen molar-refractivity contribution in [2.45, 2.75) is 6.54 Å². The first-order valence-electron chi connectivity index (χ1n) is 6.13. The van der Waals surface area contributed by atoms with Crippen LogP contribution in [0.15, 0.2) is 53.5 Å². The Bertz CT molecular complexity index is 614. The zero-order valence-electron chi connectivity index (χ0n) is 11.1. The Labute approximate surface area is 123 Å². The van der Waals surface area contributed by atoms with Crippen LogP contribution in [0.3, 0.4) is 0 Å². The van der Waals surface area contributed by atoms with Gasteiger partial charge in [-0.05, 0) is 29.8 Å². The number of aliphatic imine (C=N–C) groups is 1. The molecule has 2 rings (SSSR count). The summed E-state index contributed by atoms with van der Waals surface area (Å²) in [4.78, 5) is 4.28. The van der Waals surface area contributed by atoms with Crippen LogP contribution < -0.4 is 15.8 Å². The van der Waals surface area contributed by atoms with Gasteiger partial charge in [0.2, 0.25) is 0 Å². The number of rotatable bonds is 4. The molecule has 5 heteroatoms. The fourth-order valence-electron chi connectivity index (χ4n) is 1.74. The summed E-state index contributed by atoms with van der Waals surface area (Å²) in [6.07, 6.45) is 0. The second-order valence-corrected chi connectivity index (χ2v) is 4.59. The maximum Gasteiger partial charge on any atom is 0.193 e. The highest BCUT2D eigenvalue weighted by atomic mass is 35.5. The minimum Gasteiger partial charge on any atom is -0.495 e. The van der Waals surface area contributed by atoms with E-state index in [0.29, 0.717) is 23.3 Å². The molecule has 4 nitrogen and oxygen atoms in total. The van der Waals surface area contributed by atoms with Gasteiger partial charge in [-0.2, -0.15) is 0 Å². The van der Waals surface area contributed by atoms with E-state index in [9.17, 15) is 0 Å². The van der Waals surface area contributed by atoms with Crippen LogP contribution in [0, 0.1) is 0 Å². The second kappa shape index (κ2) is 6.82. The molecule has 0 fully saturated rings. The van der Waals surface area contributed by atoms with Crippen molar-refractivity contribution in [3.63, 3.8) is 0 Å². The van der Waals surface area contributed by atoms with E-state index < -0.39 is 0 Å². The fraction of sp³-hybridized carbons (Fsp3) is 0.133. The zero-order valence-corrected chi connectivity index (χ0v) is 11.9. The third-order valence-corrected chi connectivity index (χ3v) is 2.93. The van der Waals surface area contributed by atoms with Crippen LogP contribution in [0.4, 0.5) is 5.69 Å². The molecule has 0 aliphatic carbocycles. The summed E-state index contributed by atoms with van der Waals surface area (Å²) in [5.74, 6) is 1.04. The number of anilines is 1.